The number of rotatable bonds is 5. The molecule has 0 unspecified atom stereocenters. The fraction of sp³-hybridized carbons (Fsp3) is 0.400. The number of hydrogen-bond acceptors (Lipinski definition) is 3. The number of benzene rings is 1. The summed E-state index contributed by atoms with van der Waals surface area (Å²) in [6, 6.07) is 5.69. The SMILES string of the molecule is COc1cc(NCCSC)ccc1Cl. The van der Waals surface area contributed by atoms with E-state index < -0.39 is 0 Å². The molecule has 0 saturated carbocycles. The molecule has 0 atom stereocenters. The molecule has 0 radical (unpaired) electrons. The van der Waals surface area contributed by atoms with Crippen LogP contribution in [0.1, 0.15) is 0 Å². The molecule has 1 rings (SSSR count). The number of hydrogen-bond donors (Lipinski definition) is 1. The molecule has 0 spiro atoms. The van der Waals surface area contributed by atoms with Gasteiger partial charge >= 0.3 is 0 Å². The van der Waals surface area contributed by atoms with E-state index in [0.29, 0.717) is 10.8 Å². The standard InChI is InChI=1S/C10H14ClNOS/c1-13-10-7-8(3-4-9(10)11)12-5-6-14-2/h3-4,7,12H,5-6H2,1-2H3. The molecule has 0 aromatic heterocycles. The van der Waals surface area contributed by atoms with E-state index >= 15 is 0 Å². The molecule has 78 valence electrons. The maximum absolute atomic E-state index is 5.90. The van der Waals surface area contributed by atoms with Crippen molar-refractivity contribution in [1.29, 1.82) is 0 Å². The van der Waals surface area contributed by atoms with Crippen molar-refractivity contribution in [1.82, 2.24) is 0 Å². The zero-order valence-electron chi connectivity index (χ0n) is 8.34. The number of methoxy groups -OCH3 is 1. The normalized spacial score (nSPS) is 9.93. The molecule has 0 fully saturated rings. The van der Waals surface area contributed by atoms with Crippen LogP contribution in [0.3, 0.4) is 0 Å². The first-order chi connectivity index (χ1) is 6.77. The highest BCUT2D eigenvalue weighted by Gasteiger charge is 2.00. The van der Waals surface area contributed by atoms with Crippen LogP contribution in [0.5, 0.6) is 5.75 Å². The van der Waals surface area contributed by atoms with E-state index in [9.17, 15) is 0 Å². The zero-order chi connectivity index (χ0) is 10.4. The molecule has 0 aliphatic carbocycles. The van der Waals surface area contributed by atoms with Gasteiger partial charge in [-0.05, 0) is 18.4 Å². The molecule has 0 bridgehead atoms. The van der Waals surface area contributed by atoms with Gasteiger partial charge in [-0.1, -0.05) is 11.6 Å². The van der Waals surface area contributed by atoms with E-state index in [1.807, 2.05) is 30.0 Å². The third kappa shape index (κ3) is 3.31. The lowest BCUT2D eigenvalue weighted by Crippen LogP contribution is -2.03. The number of thioether (sulfide) groups is 1. The summed E-state index contributed by atoms with van der Waals surface area (Å²) < 4.78 is 5.11. The Morgan fingerprint density at radius 3 is 2.93 bits per heavy atom. The molecule has 0 saturated heterocycles. The molecule has 14 heavy (non-hydrogen) atoms. The van der Waals surface area contributed by atoms with Gasteiger partial charge in [-0.25, -0.2) is 0 Å². The molecule has 1 aromatic carbocycles. The van der Waals surface area contributed by atoms with E-state index in [4.69, 9.17) is 16.3 Å². The highest BCUT2D eigenvalue weighted by Crippen LogP contribution is 2.27. The molecule has 0 aliphatic rings. The van der Waals surface area contributed by atoms with Gasteiger partial charge < -0.3 is 10.1 Å². The quantitative estimate of drug-likeness (QED) is 0.787. The minimum atomic E-state index is 0.642. The third-order valence-corrected chi connectivity index (χ3v) is 2.71. The largest absolute Gasteiger partial charge is 0.495 e. The molecule has 1 aromatic rings. The molecule has 0 aliphatic heterocycles. The van der Waals surface area contributed by atoms with Gasteiger partial charge in [0.15, 0.2) is 0 Å². The Balaban J connectivity index is 2.60. The monoisotopic (exact) mass is 231 g/mol. The summed E-state index contributed by atoms with van der Waals surface area (Å²) in [6.45, 7) is 0.950. The summed E-state index contributed by atoms with van der Waals surface area (Å²) in [5, 5.41) is 3.93. The summed E-state index contributed by atoms with van der Waals surface area (Å²) in [5.41, 5.74) is 1.04. The van der Waals surface area contributed by atoms with Crippen LogP contribution in [0.2, 0.25) is 5.02 Å². The van der Waals surface area contributed by atoms with Crippen molar-refractivity contribution in [2.45, 2.75) is 0 Å². The van der Waals surface area contributed by atoms with Crippen LogP contribution >= 0.6 is 23.4 Å². The molecule has 2 nitrogen and oxygen atoms in total. The van der Waals surface area contributed by atoms with Gasteiger partial charge in [-0.15, -0.1) is 0 Å². The predicted molar refractivity (Wildman–Crippen MR) is 64.9 cm³/mol. The van der Waals surface area contributed by atoms with Crippen molar-refractivity contribution >= 4 is 29.1 Å². The Kier molecular flexibility index (Phi) is 4.98. The van der Waals surface area contributed by atoms with Crippen molar-refractivity contribution in [3.63, 3.8) is 0 Å². The smallest absolute Gasteiger partial charge is 0.139 e. The number of nitrogens with one attached hydrogen (secondary N) is 1. The van der Waals surface area contributed by atoms with Crippen LogP contribution in [0.25, 0.3) is 0 Å². The first kappa shape index (κ1) is 11.5. The molecule has 0 heterocycles. The molecule has 4 heteroatoms. The Hall–Kier alpha value is -0.540. The fourth-order valence-corrected chi connectivity index (χ4v) is 1.57. The van der Waals surface area contributed by atoms with Crippen molar-refractivity contribution < 1.29 is 4.74 Å². The van der Waals surface area contributed by atoms with Crippen LogP contribution in [0.15, 0.2) is 18.2 Å². The van der Waals surface area contributed by atoms with E-state index in [-0.39, 0.29) is 0 Å². The second-order valence-corrected chi connectivity index (χ2v) is 4.16. The van der Waals surface area contributed by atoms with Crippen LogP contribution in [-0.4, -0.2) is 25.7 Å². The molecule has 0 amide bonds. The van der Waals surface area contributed by atoms with Crippen LogP contribution in [-0.2, 0) is 0 Å². The van der Waals surface area contributed by atoms with Crippen molar-refractivity contribution in [3.05, 3.63) is 23.2 Å². The Morgan fingerprint density at radius 1 is 1.50 bits per heavy atom. The van der Waals surface area contributed by atoms with Gasteiger partial charge in [0.25, 0.3) is 0 Å². The minimum absolute atomic E-state index is 0.642. The van der Waals surface area contributed by atoms with Crippen LogP contribution < -0.4 is 10.1 Å². The lowest BCUT2D eigenvalue weighted by atomic mass is 10.3. The lowest BCUT2D eigenvalue weighted by Gasteiger charge is -2.08. The van der Waals surface area contributed by atoms with Gasteiger partial charge in [0.05, 0.1) is 12.1 Å². The second kappa shape index (κ2) is 6.04. The van der Waals surface area contributed by atoms with Crippen molar-refractivity contribution in [3.8, 4) is 5.75 Å². The Labute approximate surface area is 94.0 Å². The summed E-state index contributed by atoms with van der Waals surface area (Å²) >= 11 is 7.71. The third-order valence-electron chi connectivity index (χ3n) is 1.79. The fourth-order valence-electron chi connectivity index (χ4n) is 1.07. The van der Waals surface area contributed by atoms with Crippen LogP contribution in [0, 0.1) is 0 Å². The summed E-state index contributed by atoms with van der Waals surface area (Å²) in [4.78, 5) is 0. The van der Waals surface area contributed by atoms with Gasteiger partial charge in [0, 0.05) is 24.1 Å². The number of halogens is 1. The van der Waals surface area contributed by atoms with E-state index in [1.54, 1.807) is 7.11 Å². The topological polar surface area (TPSA) is 21.3 Å². The summed E-state index contributed by atoms with van der Waals surface area (Å²) in [5.74, 6) is 1.80. The first-order valence-electron chi connectivity index (χ1n) is 4.34. The van der Waals surface area contributed by atoms with E-state index in [2.05, 4.69) is 11.6 Å². The van der Waals surface area contributed by atoms with Gasteiger partial charge in [-0.3, -0.25) is 0 Å². The summed E-state index contributed by atoms with van der Waals surface area (Å²) in [6.07, 6.45) is 2.09. The lowest BCUT2D eigenvalue weighted by molar-refractivity contribution is 0.415. The van der Waals surface area contributed by atoms with Gasteiger partial charge in [-0.2, -0.15) is 11.8 Å². The molecule has 1 N–H and O–H groups in total. The van der Waals surface area contributed by atoms with Gasteiger partial charge in [0.1, 0.15) is 5.75 Å². The van der Waals surface area contributed by atoms with E-state index in [0.717, 1.165) is 18.0 Å². The van der Waals surface area contributed by atoms with E-state index in [1.165, 1.54) is 0 Å². The van der Waals surface area contributed by atoms with Crippen LogP contribution in [0.4, 0.5) is 5.69 Å². The van der Waals surface area contributed by atoms with Crippen molar-refractivity contribution in [2.75, 3.05) is 31.0 Å². The van der Waals surface area contributed by atoms with Gasteiger partial charge in [0.2, 0.25) is 0 Å². The molecular weight excluding hydrogens is 218 g/mol. The summed E-state index contributed by atoms with van der Waals surface area (Å²) in [7, 11) is 1.62. The Morgan fingerprint density at radius 2 is 2.29 bits per heavy atom. The maximum Gasteiger partial charge on any atom is 0.139 e. The second-order valence-electron chi connectivity index (χ2n) is 2.77. The number of ether oxygens (including phenoxy) is 1. The average molecular weight is 232 g/mol. The highest BCUT2D eigenvalue weighted by atomic mass is 35.5. The first-order valence-corrected chi connectivity index (χ1v) is 6.11. The van der Waals surface area contributed by atoms with Crippen molar-refractivity contribution in [2.24, 2.45) is 0 Å². The Bertz CT molecular complexity index is 293. The zero-order valence-corrected chi connectivity index (χ0v) is 9.91. The average Bonchev–Trinajstić information content (AvgIpc) is 2.21. The number of anilines is 1. The highest BCUT2D eigenvalue weighted by molar-refractivity contribution is 7.98. The minimum Gasteiger partial charge on any atom is -0.495 e. The maximum atomic E-state index is 5.90. The predicted octanol–water partition coefficient (Wildman–Crippen LogP) is 3.12. The molecular formula is C10H14ClNOS.